The quantitative estimate of drug-likeness (QED) is 0.365. The lowest BCUT2D eigenvalue weighted by Gasteiger charge is -2.23. The van der Waals surface area contributed by atoms with Crippen molar-refractivity contribution in [3.05, 3.63) is 131 Å². The molecule has 0 aliphatic heterocycles. The Bertz CT molecular complexity index is 1020. The van der Waals surface area contributed by atoms with Crippen LogP contribution in [0.4, 0.5) is 0 Å². The lowest BCUT2D eigenvalue weighted by Crippen LogP contribution is -2.13. The summed E-state index contributed by atoms with van der Waals surface area (Å²) in [6, 6.07) is 34.1. The molecule has 0 spiro atoms. The molecule has 4 nitrogen and oxygen atoms in total. The van der Waals surface area contributed by atoms with Crippen LogP contribution in [0.15, 0.2) is 109 Å². The van der Waals surface area contributed by atoms with Gasteiger partial charge in [-0.2, -0.15) is 0 Å². The Morgan fingerprint density at radius 1 is 0.469 bits per heavy atom. The molecule has 32 heavy (non-hydrogen) atoms. The van der Waals surface area contributed by atoms with Gasteiger partial charge < -0.3 is 19.7 Å². The first kappa shape index (κ1) is 21.6. The maximum atomic E-state index is 11.0. The Labute approximate surface area is 188 Å². The summed E-state index contributed by atoms with van der Waals surface area (Å²) >= 11 is 0. The summed E-state index contributed by atoms with van der Waals surface area (Å²) < 4.78 is 11.9. The fourth-order valence-electron chi connectivity index (χ4n) is 3.52. The van der Waals surface area contributed by atoms with Crippen molar-refractivity contribution in [2.24, 2.45) is 0 Å². The SMILES string of the molecule is OC(c1ccccc1OCc1ccccc1)C(O)c1ccccc1OCc1ccccc1. The summed E-state index contributed by atoms with van der Waals surface area (Å²) in [5.74, 6) is 1.07. The van der Waals surface area contributed by atoms with Crippen molar-refractivity contribution in [1.82, 2.24) is 0 Å². The van der Waals surface area contributed by atoms with Crippen molar-refractivity contribution in [1.29, 1.82) is 0 Å². The number of ether oxygens (including phenoxy) is 2. The molecular weight excluding hydrogens is 400 g/mol. The van der Waals surface area contributed by atoms with Gasteiger partial charge in [-0.05, 0) is 23.3 Å². The molecule has 2 unspecified atom stereocenters. The van der Waals surface area contributed by atoms with Crippen LogP contribution >= 0.6 is 0 Å². The topological polar surface area (TPSA) is 58.9 Å². The second kappa shape index (κ2) is 10.6. The number of rotatable bonds is 9. The van der Waals surface area contributed by atoms with Crippen LogP contribution in [0.2, 0.25) is 0 Å². The average molecular weight is 427 g/mol. The van der Waals surface area contributed by atoms with Gasteiger partial charge in [-0.3, -0.25) is 0 Å². The zero-order valence-corrected chi connectivity index (χ0v) is 17.7. The highest BCUT2D eigenvalue weighted by Crippen LogP contribution is 2.38. The van der Waals surface area contributed by atoms with Crippen LogP contribution in [-0.4, -0.2) is 10.2 Å². The molecule has 4 aromatic carbocycles. The van der Waals surface area contributed by atoms with E-state index < -0.39 is 12.2 Å². The molecule has 0 fully saturated rings. The number of aliphatic hydroxyl groups is 2. The molecule has 0 aliphatic rings. The van der Waals surface area contributed by atoms with Crippen LogP contribution in [0.1, 0.15) is 34.5 Å². The molecule has 0 radical (unpaired) electrons. The van der Waals surface area contributed by atoms with E-state index in [-0.39, 0.29) is 0 Å². The summed E-state index contributed by atoms with van der Waals surface area (Å²) in [4.78, 5) is 0. The van der Waals surface area contributed by atoms with Crippen molar-refractivity contribution in [2.45, 2.75) is 25.4 Å². The molecule has 0 saturated heterocycles. The van der Waals surface area contributed by atoms with E-state index in [1.807, 2.05) is 84.9 Å². The molecule has 0 saturated carbocycles. The van der Waals surface area contributed by atoms with Gasteiger partial charge in [0.15, 0.2) is 0 Å². The van der Waals surface area contributed by atoms with E-state index in [4.69, 9.17) is 9.47 Å². The summed E-state index contributed by atoms with van der Waals surface area (Å²) in [6.45, 7) is 0.745. The number of hydrogen-bond acceptors (Lipinski definition) is 4. The van der Waals surface area contributed by atoms with Crippen molar-refractivity contribution < 1.29 is 19.7 Å². The molecule has 2 atom stereocenters. The van der Waals surface area contributed by atoms with Crippen LogP contribution in [0.25, 0.3) is 0 Å². The first-order chi connectivity index (χ1) is 15.7. The van der Waals surface area contributed by atoms with Gasteiger partial charge in [0.1, 0.15) is 36.9 Å². The second-order valence-corrected chi connectivity index (χ2v) is 7.51. The molecule has 2 N–H and O–H groups in total. The van der Waals surface area contributed by atoms with Crippen LogP contribution in [0.3, 0.4) is 0 Å². The number of para-hydroxylation sites is 2. The highest BCUT2D eigenvalue weighted by atomic mass is 16.5. The van der Waals surface area contributed by atoms with Gasteiger partial charge in [-0.25, -0.2) is 0 Å². The number of benzene rings is 4. The summed E-state index contributed by atoms with van der Waals surface area (Å²) in [5, 5.41) is 22.1. The second-order valence-electron chi connectivity index (χ2n) is 7.51. The zero-order chi connectivity index (χ0) is 22.2. The monoisotopic (exact) mass is 426 g/mol. The predicted molar refractivity (Wildman–Crippen MR) is 124 cm³/mol. The summed E-state index contributed by atoms with van der Waals surface area (Å²) in [7, 11) is 0. The van der Waals surface area contributed by atoms with Gasteiger partial charge in [-0.1, -0.05) is 97.1 Å². The molecule has 162 valence electrons. The van der Waals surface area contributed by atoms with E-state index in [9.17, 15) is 10.2 Å². The lowest BCUT2D eigenvalue weighted by atomic mass is 9.97. The van der Waals surface area contributed by atoms with Crippen LogP contribution in [-0.2, 0) is 13.2 Å². The van der Waals surface area contributed by atoms with Crippen LogP contribution < -0.4 is 9.47 Å². The Hall–Kier alpha value is -3.60. The number of aliphatic hydroxyl groups excluding tert-OH is 2. The Morgan fingerprint density at radius 2 is 0.812 bits per heavy atom. The fourth-order valence-corrected chi connectivity index (χ4v) is 3.52. The van der Waals surface area contributed by atoms with E-state index in [0.717, 1.165) is 11.1 Å². The molecule has 4 heteroatoms. The molecular formula is C28H26O4. The zero-order valence-electron chi connectivity index (χ0n) is 17.7. The molecule has 4 rings (SSSR count). The highest BCUT2D eigenvalue weighted by molar-refractivity contribution is 5.41. The smallest absolute Gasteiger partial charge is 0.125 e. The van der Waals surface area contributed by atoms with E-state index in [2.05, 4.69) is 0 Å². The van der Waals surface area contributed by atoms with E-state index in [1.54, 1.807) is 24.3 Å². The van der Waals surface area contributed by atoms with Gasteiger partial charge in [0.2, 0.25) is 0 Å². The van der Waals surface area contributed by atoms with Crippen LogP contribution in [0.5, 0.6) is 11.5 Å². The normalized spacial score (nSPS) is 12.7. The minimum atomic E-state index is -1.18. The van der Waals surface area contributed by atoms with Crippen LogP contribution in [0, 0.1) is 0 Å². The molecule has 0 heterocycles. The molecule has 0 aromatic heterocycles. The summed E-state index contributed by atoms with van der Waals surface area (Å²) in [5.41, 5.74) is 3.09. The first-order valence-electron chi connectivity index (χ1n) is 10.6. The fraction of sp³-hybridized carbons (Fsp3) is 0.143. The van der Waals surface area contributed by atoms with E-state index in [0.29, 0.717) is 35.8 Å². The van der Waals surface area contributed by atoms with Gasteiger partial charge in [-0.15, -0.1) is 0 Å². The van der Waals surface area contributed by atoms with Gasteiger partial charge >= 0.3 is 0 Å². The molecule has 0 bridgehead atoms. The third-order valence-electron chi connectivity index (χ3n) is 5.25. The summed E-state index contributed by atoms with van der Waals surface area (Å²) in [6.07, 6.45) is -2.35. The van der Waals surface area contributed by atoms with E-state index in [1.165, 1.54) is 0 Å². The highest BCUT2D eigenvalue weighted by Gasteiger charge is 2.26. The Balaban J connectivity index is 1.51. The Kier molecular flexibility index (Phi) is 7.18. The average Bonchev–Trinajstić information content (AvgIpc) is 2.87. The number of hydrogen-bond donors (Lipinski definition) is 2. The minimum absolute atomic E-state index is 0.372. The van der Waals surface area contributed by atoms with Crippen molar-refractivity contribution >= 4 is 0 Å². The largest absolute Gasteiger partial charge is 0.489 e. The van der Waals surface area contributed by atoms with Crippen molar-refractivity contribution in [2.75, 3.05) is 0 Å². The maximum Gasteiger partial charge on any atom is 0.125 e. The third-order valence-corrected chi connectivity index (χ3v) is 5.25. The van der Waals surface area contributed by atoms with Crippen molar-refractivity contribution in [3.8, 4) is 11.5 Å². The lowest BCUT2D eigenvalue weighted by molar-refractivity contribution is 0.0136. The third kappa shape index (κ3) is 5.35. The van der Waals surface area contributed by atoms with Gasteiger partial charge in [0, 0.05) is 11.1 Å². The minimum Gasteiger partial charge on any atom is -0.489 e. The van der Waals surface area contributed by atoms with E-state index >= 15 is 0 Å². The first-order valence-corrected chi connectivity index (χ1v) is 10.6. The maximum absolute atomic E-state index is 11.0. The molecule has 4 aromatic rings. The Morgan fingerprint density at radius 3 is 1.22 bits per heavy atom. The molecule has 0 aliphatic carbocycles. The molecule has 0 amide bonds. The van der Waals surface area contributed by atoms with Gasteiger partial charge in [0.05, 0.1) is 0 Å². The van der Waals surface area contributed by atoms with Crippen molar-refractivity contribution in [3.63, 3.8) is 0 Å². The van der Waals surface area contributed by atoms with Gasteiger partial charge in [0.25, 0.3) is 0 Å². The predicted octanol–water partition coefficient (Wildman–Crippen LogP) is 5.61. The standard InChI is InChI=1S/C28H26O4/c29-27(23-15-7-9-17-25(23)31-19-21-11-3-1-4-12-21)28(30)24-16-8-10-18-26(24)32-20-22-13-5-2-6-14-22/h1-18,27-30H,19-20H2.